The molecule has 9 heteroatoms. The molecule has 0 bridgehead atoms. The van der Waals surface area contributed by atoms with Crippen LogP contribution in [-0.4, -0.2) is 14.9 Å². The van der Waals surface area contributed by atoms with Gasteiger partial charge in [0.15, 0.2) is 0 Å². The number of furan rings is 1. The number of nitro benzene ring substituents is 1. The normalized spacial score (nSPS) is 11.6. The standard InChI is InChI=1S/C20H10Br2N4O3/c21-14-8-12(26(27)28)9-15(22)19(14)18-6-5-13(29-18)7-11(10-23)20-24-16-3-1-2-4-17(16)25-20/h1-9H,(H,24,25)/b11-7-. The number of halogens is 2. The first-order valence-electron chi connectivity index (χ1n) is 8.27. The number of nitriles is 1. The highest BCUT2D eigenvalue weighted by molar-refractivity contribution is 9.11. The Balaban J connectivity index is 1.72. The van der Waals surface area contributed by atoms with Crippen molar-refractivity contribution in [3.63, 3.8) is 0 Å². The number of fused-ring (bicyclic) bond motifs is 1. The second kappa shape index (κ2) is 7.66. The number of nitrogens with one attached hydrogen (secondary N) is 1. The molecule has 0 spiro atoms. The Morgan fingerprint density at radius 3 is 2.59 bits per heavy atom. The van der Waals surface area contributed by atoms with E-state index in [0.29, 0.717) is 37.4 Å². The van der Waals surface area contributed by atoms with E-state index in [1.165, 1.54) is 12.1 Å². The van der Waals surface area contributed by atoms with Crippen LogP contribution in [0.25, 0.3) is 34.0 Å². The van der Waals surface area contributed by atoms with Gasteiger partial charge >= 0.3 is 0 Å². The molecule has 2 aromatic carbocycles. The fourth-order valence-corrected chi connectivity index (χ4v) is 4.39. The van der Waals surface area contributed by atoms with Gasteiger partial charge in [-0.3, -0.25) is 10.1 Å². The van der Waals surface area contributed by atoms with Gasteiger partial charge in [0.05, 0.1) is 21.5 Å². The Bertz CT molecular complexity index is 1270. The molecule has 4 rings (SSSR count). The maximum Gasteiger partial charge on any atom is 0.271 e. The molecule has 0 saturated carbocycles. The largest absolute Gasteiger partial charge is 0.457 e. The van der Waals surface area contributed by atoms with Crippen molar-refractivity contribution < 1.29 is 9.34 Å². The lowest BCUT2D eigenvalue weighted by Gasteiger charge is -2.04. The number of benzene rings is 2. The van der Waals surface area contributed by atoms with Crippen LogP contribution in [0.2, 0.25) is 0 Å². The number of non-ortho nitro benzene ring substituents is 1. The highest BCUT2D eigenvalue weighted by Crippen LogP contribution is 2.39. The molecule has 0 aliphatic carbocycles. The van der Waals surface area contributed by atoms with Crippen LogP contribution in [0.5, 0.6) is 0 Å². The second-order valence-corrected chi connectivity index (χ2v) is 7.72. The molecule has 29 heavy (non-hydrogen) atoms. The fraction of sp³-hybridized carbons (Fsp3) is 0. The van der Waals surface area contributed by atoms with Crippen LogP contribution in [0.1, 0.15) is 11.6 Å². The van der Waals surface area contributed by atoms with Gasteiger partial charge in [0.25, 0.3) is 5.69 Å². The molecule has 0 saturated heterocycles. The molecule has 0 fully saturated rings. The average molecular weight is 514 g/mol. The first kappa shape index (κ1) is 19.1. The minimum absolute atomic E-state index is 0.0455. The highest BCUT2D eigenvalue weighted by Gasteiger charge is 2.18. The van der Waals surface area contributed by atoms with E-state index in [-0.39, 0.29) is 5.69 Å². The zero-order valence-corrected chi connectivity index (χ0v) is 17.7. The number of hydrogen-bond acceptors (Lipinski definition) is 5. The summed E-state index contributed by atoms with van der Waals surface area (Å²) in [6.07, 6.45) is 1.59. The van der Waals surface area contributed by atoms with Crippen molar-refractivity contribution in [2.45, 2.75) is 0 Å². The zero-order chi connectivity index (χ0) is 20.5. The van der Waals surface area contributed by atoms with Gasteiger partial charge in [-0.15, -0.1) is 0 Å². The smallest absolute Gasteiger partial charge is 0.271 e. The molecular weight excluding hydrogens is 504 g/mol. The van der Waals surface area contributed by atoms with Crippen molar-refractivity contribution in [2.24, 2.45) is 0 Å². The Morgan fingerprint density at radius 2 is 1.93 bits per heavy atom. The van der Waals surface area contributed by atoms with Gasteiger partial charge in [0.1, 0.15) is 23.4 Å². The van der Waals surface area contributed by atoms with Crippen LogP contribution in [0.4, 0.5) is 5.69 Å². The van der Waals surface area contributed by atoms with Gasteiger partial charge in [-0.2, -0.15) is 5.26 Å². The third kappa shape index (κ3) is 3.72. The van der Waals surface area contributed by atoms with Gasteiger partial charge in [0, 0.05) is 32.7 Å². The number of H-pyrrole nitrogens is 1. The van der Waals surface area contributed by atoms with Gasteiger partial charge < -0.3 is 9.40 Å². The van der Waals surface area contributed by atoms with Gasteiger partial charge in [-0.1, -0.05) is 12.1 Å². The number of hydrogen-bond donors (Lipinski definition) is 1. The van der Waals surface area contributed by atoms with E-state index >= 15 is 0 Å². The molecule has 1 N–H and O–H groups in total. The van der Waals surface area contributed by atoms with Crippen LogP contribution in [-0.2, 0) is 0 Å². The minimum Gasteiger partial charge on any atom is -0.457 e. The molecule has 0 aliphatic rings. The maximum absolute atomic E-state index is 11.0. The number of allylic oxidation sites excluding steroid dienone is 1. The molecule has 0 atom stereocenters. The lowest BCUT2D eigenvalue weighted by molar-refractivity contribution is -0.385. The zero-order valence-electron chi connectivity index (χ0n) is 14.5. The van der Waals surface area contributed by atoms with Crippen molar-refractivity contribution in [3.05, 3.63) is 79.2 Å². The van der Waals surface area contributed by atoms with Crippen LogP contribution in [0.15, 0.2) is 61.9 Å². The SMILES string of the molecule is N#C/C(=C/c1ccc(-c2c(Br)cc([N+](=O)[O-])cc2Br)o1)c1nc2ccccc2[nH]1. The Morgan fingerprint density at radius 1 is 1.21 bits per heavy atom. The molecular formula is C20H10Br2N4O3. The molecule has 7 nitrogen and oxygen atoms in total. The number of imidazole rings is 1. The van der Waals surface area contributed by atoms with Crippen LogP contribution in [0, 0.1) is 21.4 Å². The van der Waals surface area contributed by atoms with Gasteiger partial charge in [0.2, 0.25) is 0 Å². The predicted octanol–water partition coefficient (Wildman–Crippen LogP) is 6.32. The second-order valence-electron chi connectivity index (χ2n) is 6.02. The number of nitrogens with zero attached hydrogens (tertiary/aromatic N) is 3. The summed E-state index contributed by atoms with van der Waals surface area (Å²) in [5.41, 5.74) is 2.52. The molecule has 2 aromatic heterocycles. The lowest BCUT2D eigenvalue weighted by atomic mass is 10.1. The average Bonchev–Trinajstić information content (AvgIpc) is 3.32. The maximum atomic E-state index is 11.0. The Labute approximate surface area is 181 Å². The van der Waals surface area contributed by atoms with Crippen LogP contribution < -0.4 is 0 Å². The minimum atomic E-state index is -0.470. The number of aromatic nitrogens is 2. The molecule has 0 unspecified atom stereocenters. The quantitative estimate of drug-likeness (QED) is 0.195. The van der Waals surface area contributed by atoms with Gasteiger partial charge in [-0.05, 0) is 56.1 Å². The number of nitro groups is 1. The van der Waals surface area contributed by atoms with Crippen molar-refractivity contribution >= 4 is 60.2 Å². The van der Waals surface area contributed by atoms with E-state index in [1.807, 2.05) is 24.3 Å². The van der Waals surface area contributed by atoms with E-state index in [1.54, 1.807) is 18.2 Å². The summed E-state index contributed by atoms with van der Waals surface area (Å²) in [4.78, 5) is 18.1. The van der Waals surface area contributed by atoms with Crippen LogP contribution >= 0.6 is 31.9 Å². The lowest BCUT2D eigenvalue weighted by Crippen LogP contribution is -1.90. The first-order valence-corrected chi connectivity index (χ1v) is 9.85. The fourth-order valence-electron chi connectivity index (χ4n) is 2.84. The van der Waals surface area contributed by atoms with Crippen LogP contribution in [0.3, 0.4) is 0 Å². The van der Waals surface area contributed by atoms with Crippen molar-refractivity contribution in [1.29, 1.82) is 5.26 Å². The van der Waals surface area contributed by atoms with Crippen molar-refractivity contribution in [1.82, 2.24) is 9.97 Å². The number of aromatic amines is 1. The Kier molecular flexibility index (Phi) is 5.05. The van der Waals surface area contributed by atoms with E-state index in [4.69, 9.17) is 4.42 Å². The van der Waals surface area contributed by atoms with E-state index in [2.05, 4.69) is 47.9 Å². The third-order valence-corrected chi connectivity index (χ3v) is 5.41. The summed E-state index contributed by atoms with van der Waals surface area (Å²) in [7, 11) is 0. The summed E-state index contributed by atoms with van der Waals surface area (Å²) >= 11 is 6.71. The predicted molar refractivity (Wildman–Crippen MR) is 116 cm³/mol. The Hall–Kier alpha value is -3.22. The molecule has 142 valence electrons. The molecule has 0 aliphatic heterocycles. The van der Waals surface area contributed by atoms with Gasteiger partial charge in [-0.25, -0.2) is 4.98 Å². The van der Waals surface area contributed by atoms with Crippen molar-refractivity contribution in [2.75, 3.05) is 0 Å². The highest BCUT2D eigenvalue weighted by atomic mass is 79.9. The molecule has 4 aromatic rings. The van der Waals surface area contributed by atoms with Crippen molar-refractivity contribution in [3.8, 4) is 17.4 Å². The molecule has 0 amide bonds. The van der Waals surface area contributed by atoms with E-state index in [9.17, 15) is 15.4 Å². The number of para-hydroxylation sites is 2. The summed E-state index contributed by atoms with van der Waals surface area (Å²) in [6, 6.07) is 15.9. The molecule has 0 radical (unpaired) electrons. The van der Waals surface area contributed by atoms with E-state index < -0.39 is 4.92 Å². The summed E-state index contributed by atoms with van der Waals surface area (Å²) in [6.45, 7) is 0. The summed E-state index contributed by atoms with van der Waals surface area (Å²) < 4.78 is 6.89. The third-order valence-electron chi connectivity index (χ3n) is 4.16. The summed E-state index contributed by atoms with van der Waals surface area (Å²) in [5, 5.41) is 20.6. The monoisotopic (exact) mass is 512 g/mol. The first-order chi connectivity index (χ1) is 14.0. The molecule has 2 heterocycles. The van der Waals surface area contributed by atoms with E-state index in [0.717, 1.165) is 11.0 Å². The topological polar surface area (TPSA) is 109 Å². The summed E-state index contributed by atoms with van der Waals surface area (Å²) in [5.74, 6) is 1.39. The number of rotatable bonds is 4.